The van der Waals surface area contributed by atoms with Crippen LogP contribution in [-0.2, 0) is 0 Å². The molecule has 1 aliphatic heterocycles. The second-order valence-corrected chi connectivity index (χ2v) is 4.53. The molecule has 0 spiro atoms. The molecule has 0 aliphatic carbocycles. The maximum Gasteiger partial charge on any atom is 0.127 e. The minimum atomic E-state index is 0.233. The summed E-state index contributed by atoms with van der Waals surface area (Å²) in [6.07, 6.45) is 6.57. The lowest BCUT2D eigenvalue weighted by molar-refractivity contribution is 0.255. The Bertz CT molecular complexity index is 356. The Labute approximate surface area is 103 Å². The standard InChI is InChI=1S/C13H21N3O/c1-14-13-9-11(6-7-15-13)16-8-4-2-3-5-12(16)10-17/h6-7,9,12,17H,2-5,8,10H2,1H3,(H,14,15). The minimum absolute atomic E-state index is 0.233. The second-order valence-electron chi connectivity index (χ2n) is 4.53. The summed E-state index contributed by atoms with van der Waals surface area (Å²) in [5.74, 6) is 0.878. The van der Waals surface area contributed by atoms with Crippen molar-refractivity contribution in [2.75, 3.05) is 30.4 Å². The third-order valence-corrected chi connectivity index (χ3v) is 3.42. The fraction of sp³-hybridized carbons (Fsp3) is 0.615. The molecule has 1 atom stereocenters. The van der Waals surface area contributed by atoms with E-state index >= 15 is 0 Å². The monoisotopic (exact) mass is 235 g/mol. The van der Waals surface area contributed by atoms with Crippen LogP contribution in [0.15, 0.2) is 18.3 Å². The number of hydrogen-bond donors (Lipinski definition) is 2. The van der Waals surface area contributed by atoms with Crippen molar-refractivity contribution < 1.29 is 5.11 Å². The van der Waals surface area contributed by atoms with Gasteiger partial charge in [-0.25, -0.2) is 4.98 Å². The van der Waals surface area contributed by atoms with Crippen LogP contribution in [0.1, 0.15) is 25.7 Å². The van der Waals surface area contributed by atoms with Crippen LogP contribution in [-0.4, -0.2) is 36.3 Å². The molecule has 0 aromatic carbocycles. The molecule has 4 heteroatoms. The van der Waals surface area contributed by atoms with Crippen LogP contribution in [0.25, 0.3) is 0 Å². The van der Waals surface area contributed by atoms with Crippen LogP contribution in [0, 0.1) is 0 Å². The van der Waals surface area contributed by atoms with Crippen LogP contribution >= 0.6 is 0 Å². The van der Waals surface area contributed by atoms with E-state index in [1.54, 1.807) is 0 Å². The van der Waals surface area contributed by atoms with Gasteiger partial charge in [-0.05, 0) is 18.9 Å². The van der Waals surface area contributed by atoms with E-state index in [0.717, 1.165) is 24.5 Å². The Hall–Kier alpha value is -1.29. The van der Waals surface area contributed by atoms with E-state index in [4.69, 9.17) is 0 Å². The van der Waals surface area contributed by atoms with Crippen molar-refractivity contribution in [3.8, 4) is 0 Å². The molecule has 2 N–H and O–H groups in total. The number of nitrogens with zero attached hydrogens (tertiary/aromatic N) is 2. The van der Waals surface area contributed by atoms with Crippen molar-refractivity contribution in [2.24, 2.45) is 0 Å². The van der Waals surface area contributed by atoms with E-state index in [0.29, 0.717) is 0 Å². The fourth-order valence-corrected chi connectivity index (χ4v) is 2.44. The summed E-state index contributed by atoms with van der Waals surface area (Å²) < 4.78 is 0. The lowest BCUT2D eigenvalue weighted by Gasteiger charge is -2.30. The topological polar surface area (TPSA) is 48.4 Å². The van der Waals surface area contributed by atoms with Gasteiger partial charge in [0.05, 0.1) is 12.6 Å². The molecule has 0 bridgehead atoms. The van der Waals surface area contributed by atoms with Gasteiger partial charge in [0.15, 0.2) is 0 Å². The van der Waals surface area contributed by atoms with E-state index in [2.05, 4.69) is 15.2 Å². The van der Waals surface area contributed by atoms with Crippen LogP contribution in [0.4, 0.5) is 11.5 Å². The predicted octanol–water partition coefficient (Wildman–Crippen LogP) is 1.86. The average Bonchev–Trinajstić information content (AvgIpc) is 2.63. The van der Waals surface area contributed by atoms with Crippen LogP contribution < -0.4 is 10.2 Å². The highest BCUT2D eigenvalue weighted by Gasteiger charge is 2.20. The molecule has 17 heavy (non-hydrogen) atoms. The summed E-state index contributed by atoms with van der Waals surface area (Å²) >= 11 is 0. The molecule has 1 fully saturated rings. The molecule has 4 nitrogen and oxygen atoms in total. The van der Waals surface area contributed by atoms with Crippen molar-refractivity contribution in [2.45, 2.75) is 31.7 Å². The Morgan fingerprint density at radius 3 is 3.12 bits per heavy atom. The number of hydrogen-bond acceptors (Lipinski definition) is 4. The zero-order valence-corrected chi connectivity index (χ0v) is 10.4. The average molecular weight is 235 g/mol. The third-order valence-electron chi connectivity index (χ3n) is 3.42. The smallest absolute Gasteiger partial charge is 0.127 e. The molecule has 2 rings (SSSR count). The number of aliphatic hydroxyl groups excluding tert-OH is 1. The Morgan fingerprint density at radius 2 is 2.35 bits per heavy atom. The maximum atomic E-state index is 9.50. The summed E-state index contributed by atoms with van der Waals surface area (Å²) in [5, 5.41) is 12.6. The predicted molar refractivity (Wildman–Crippen MR) is 70.5 cm³/mol. The summed E-state index contributed by atoms with van der Waals surface area (Å²) in [4.78, 5) is 6.54. The van der Waals surface area contributed by atoms with Gasteiger partial charge in [0.1, 0.15) is 5.82 Å². The minimum Gasteiger partial charge on any atom is -0.394 e. The van der Waals surface area contributed by atoms with E-state index in [1.807, 2.05) is 25.4 Å². The van der Waals surface area contributed by atoms with Crippen molar-refractivity contribution in [3.05, 3.63) is 18.3 Å². The number of anilines is 2. The molecule has 1 aromatic rings. The third kappa shape index (κ3) is 2.88. The summed E-state index contributed by atoms with van der Waals surface area (Å²) in [7, 11) is 1.87. The van der Waals surface area contributed by atoms with E-state index in [1.165, 1.54) is 19.3 Å². The van der Waals surface area contributed by atoms with E-state index in [-0.39, 0.29) is 12.6 Å². The highest BCUT2D eigenvalue weighted by Crippen LogP contribution is 2.25. The number of aromatic nitrogens is 1. The molecule has 1 aliphatic rings. The highest BCUT2D eigenvalue weighted by atomic mass is 16.3. The van der Waals surface area contributed by atoms with Gasteiger partial charge in [0.2, 0.25) is 0 Å². The molecule has 1 unspecified atom stereocenters. The van der Waals surface area contributed by atoms with Crippen LogP contribution in [0.3, 0.4) is 0 Å². The van der Waals surface area contributed by atoms with Gasteiger partial charge in [-0.15, -0.1) is 0 Å². The fourth-order valence-electron chi connectivity index (χ4n) is 2.44. The number of nitrogens with one attached hydrogen (secondary N) is 1. The molecule has 1 saturated heterocycles. The largest absolute Gasteiger partial charge is 0.394 e. The maximum absolute atomic E-state index is 9.50. The van der Waals surface area contributed by atoms with Gasteiger partial charge in [0.25, 0.3) is 0 Å². The quantitative estimate of drug-likeness (QED) is 0.839. The van der Waals surface area contributed by atoms with Gasteiger partial charge >= 0.3 is 0 Å². The first kappa shape index (κ1) is 12.2. The van der Waals surface area contributed by atoms with Crippen molar-refractivity contribution in [1.82, 2.24) is 4.98 Å². The molecule has 94 valence electrons. The van der Waals surface area contributed by atoms with Crippen molar-refractivity contribution >= 4 is 11.5 Å². The molecular weight excluding hydrogens is 214 g/mol. The summed E-state index contributed by atoms with van der Waals surface area (Å²) in [6, 6.07) is 4.33. The molecule has 0 amide bonds. The van der Waals surface area contributed by atoms with Crippen LogP contribution in [0.5, 0.6) is 0 Å². The zero-order valence-electron chi connectivity index (χ0n) is 10.4. The highest BCUT2D eigenvalue weighted by molar-refractivity contribution is 5.54. The first-order chi connectivity index (χ1) is 8.35. The zero-order chi connectivity index (χ0) is 12.1. The lowest BCUT2D eigenvalue weighted by atomic mass is 10.1. The van der Waals surface area contributed by atoms with Crippen molar-refractivity contribution in [3.63, 3.8) is 0 Å². The molecular formula is C13H21N3O. The van der Waals surface area contributed by atoms with Gasteiger partial charge in [-0.2, -0.15) is 0 Å². The molecule has 2 heterocycles. The van der Waals surface area contributed by atoms with Gasteiger partial charge in [-0.1, -0.05) is 12.8 Å². The number of pyridine rings is 1. The molecule has 0 saturated carbocycles. The first-order valence-corrected chi connectivity index (χ1v) is 6.36. The summed E-state index contributed by atoms with van der Waals surface area (Å²) in [6.45, 7) is 1.26. The Kier molecular flexibility index (Phi) is 4.20. The van der Waals surface area contributed by atoms with E-state index in [9.17, 15) is 5.11 Å². The normalized spacial score (nSPS) is 21.1. The number of aliphatic hydroxyl groups is 1. The van der Waals surface area contributed by atoms with E-state index < -0.39 is 0 Å². The van der Waals surface area contributed by atoms with Gasteiger partial charge in [0, 0.05) is 31.5 Å². The summed E-state index contributed by atoms with van der Waals surface area (Å²) in [5.41, 5.74) is 1.16. The Morgan fingerprint density at radius 1 is 1.47 bits per heavy atom. The second kappa shape index (κ2) is 5.87. The van der Waals surface area contributed by atoms with Gasteiger partial charge < -0.3 is 15.3 Å². The van der Waals surface area contributed by atoms with Gasteiger partial charge in [-0.3, -0.25) is 0 Å². The number of rotatable bonds is 3. The molecule has 0 radical (unpaired) electrons. The Balaban J connectivity index is 2.21. The first-order valence-electron chi connectivity index (χ1n) is 6.36. The lowest BCUT2D eigenvalue weighted by Crippen LogP contribution is -2.37. The molecule has 1 aromatic heterocycles. The van der Waals surface area contributed by atoms with Crippen molar-refractivity contribution in [1.29, 1.82) is 0 Å². The SMILES string of the molecule is CNc1cc(N2CCCCCC2CO)ccn1. The van der Waals surface area contributed by atoms with Crippen LogP contribution in [0.2, 0.25) is 0 Å².